The van der Waals surface area contributed by atoms with E-state index in [2.05, 4.69) is 0 Å². The summed E-state index contributed by atoms with van der Waals surface area (Å²) in [6.07, 6.45) is -14.1. The van der Waals surface area contributed by atoms with Crippen LogP contribution in [0.3, 0.4) is 0 Å². The van der Waals surface area contributed by atoms with Crippen molar-refractivity contribution < 1.29 is 60.9 Å². The van der Waals surface area contributed by atoms with E-state index in [-0.39, 0.29) is 0 Å². The molecule has 3 nitrogen and oxygen atoms in total. The van der Waals surface area contributed by atoms with Gasteiger partial charge in [-0.2, -0.15) is 52.3 Å². The van der Waals surface area contributed by atoms with Gasteiger partial charge in [-0.15, -0.1) is 0 Å². The fourth-order valence-electron chi connectivity index (χ4n) is 0.654. The first-order valence-electron chi connectivity index (χ1n) is 3.93. The number of alkyl halides is 11. The van der Waals surface area contributed by atoms with E-state index >= 15 is 0 Å². The van der Waals surface area contributed by atoms with Crippen LogP contribution in [0.15, 0.2) is 0 Å². The van der Waals surface area contributed by atoms with Gasteiger partial charge >= 0.3 is 37.5 Å². The summed E-state index contributed by atoms with van der Waals surface area (Å²) in [5.74, 6) is -6.72. The average molecular weight is 476 g/mol. The molecule has 0 fully saturated rings. The van der Waals surface area contributed by atoms with Crippen LogP contribution in [0.4, 0.5) is 47.8 Å². The maximum Gasteiger partial charge on any atom is 0.464 e. The first kappa shape index (κ1) is 20.9. The second-order valence-corrected chi connectivity index (χ2v) is 5.91. The Bertz CT molecular complexity index is 477. The predicted molar refractivity (Wildman–Crippen MR) is 49.9 cm³/mol. The Kier molecular flexibility index (Phi) is 5.17. The number of hydrogen-bond donors (Lipinski definition) is 0. The van der Waals surface area contributed by atoms with E-state index < -0.39 is 60.1 Å². The summed E-state index contributed by atoms with van der Waals surface area (Å²) < 4.78 is 151. The molecule has 1 atom stereocenters. The summed E-state index contributed by atoms with van der Waals surface area (Å²) in [5, 5.41) is -7.05. The van der Waals surface area contributed by atoms with Crippen LogP contribution in [0.2, 0.25) is 0 Å². The summed E-state index contributed by atoms with van der Waals surface area (Å²) in [6.45, 7) is 0. The smallest absolute Gasteiger partial charge is 0.263 e. The third-order valence-corrected chi connectivity index (χ3v) is 3.19. The van der Waals surface area contributed by atoms with Crippen molar-refractivity contribution in [1.29, 1.82) is 0 Å². The zero-order valence-corrected chi connectivity index (χ0v) is 11.6. The Morgan fingerprint density at radius 2 is 1.14 bits per heavy atom. The second-order valence-electron chi connectivity index (χ2n) is 3.16. The van der Waals surface area contributed by atoms with Gasteiger partial charge in [0.1, 0.15) is 0 Å². The SMILES string of the molecule is O=S(=O)(F)C(F)(F)C(F)(F)OC(F)(C(F)(F)F)C(F)(F)I. The highest BCUT2D eigenvalue weighted by Crippen LogP contribution is 2.54. The van der Waals surface area contributed by atoms with Crippen LogP contribution in [0.5, 0.6) is 0 Å². The highest BCUT2D eigenvalue weighted by atomic mass is 127. The van der Waals surface area contributed by atoms with Crippen LogP contribution in [-0.2, 0) is 15.0 Å². The van der Waals surface area contributed by atoms with E-state index in [1.54, 1.807) is 4.74 Å². The molecule has 16 heteroatoms. The van der Waals surface area contributed by atoms with Crippen molar-refractivity contribution in [3.63, 3.8) is 0 Å². The molecule has 0 aliphatic heterocycles. The standard InChI is InChI=1S/C5F11IO3S/c6-1(2(7,8)9,3(10,11)17)20-4(12,13)5(14,15)21(16,18)19. The molecule has 0 N–H and O–H groups in total. The van der Waals surface area contributed by atoms with Crippen molar-refractivity contribution in [3.8, 4) is 0 Å². The molecule has 0 bridgehead atoms. The Morgan fingerprint density at radius 1 is 0.810 bits per heavy atom. The lowest BCUT2D eigenvalue weighted by Crippen LogP contribution is -2.61. The van der Waals surface area contributed by atoms with E-state index in [1.807, 2.05) is 0 Å². The molecule has 0 radical (unpaired) electrons. The normalized spacial score (nSPS) is 18.5. The number of hydrogen-bond acceptors (Lipinski definition) is 3. The lowest BCUT2D eigenvalue weighted by Gasteiger charge is -2.35. The van der Waals surface area contributed by atoms with Crippen LogP contribution >= 0.6 is 22.6 Å². The van der Waals surface area contributed by atoms with Gasteiger partial charge in [-0.05, 0) is 0 Å². The highest BCUT2D eigenvalue weighted by molar-refractivity contribution is 14.1. The fraction of sp³-hybridized carbons (Fsp3) is 1.00. The Morgan fingerprint density at radius 3 is 1.33 bits per heavy atom. The monoisotopic (exact) mass is 476 g/mol. The van der Waals surface area contributed by atoms with Gasteiger partial charge in [-0.3, -0.25) is 4.74 Å². The molecule has 21 heavy (non-hydrogen) atoms. The molecule has 0 saturated carbocycles. The van der Waals surface area contributed by atoms with E-state index in [4.69, 9.17) is 0 Å². The average Bonchev–Trinajstić information content (AvgIpc) is 2.10. The molecule has 0 saturated heterocycles. The molecule has 0 aliphatic rings. The van der Waals surface area contributed by atoms with Gasteiger partial charge in [0, 0.05) is 22.6 Å². The van der Waals surface area contributed by atoms with Crippen molar-refractivity contribution >= 4 is 32.8 Å². The van der Waals surface area contributed by atoms with Crippen molar-refractivity contribution in [2.75, 3.05) is 0 Å². The van der Waals surface area contributed by atoms with Crippen molar-refractivity contribution in [2.45, 2.75) is 27.3 Å². The molecule has 0 aromatic heterocycles. The minimum atomic E-state index is -7.61. The molecule has 0 heterocycles. The van der Waals surface area contributed by atoms with Crippen molar-refractivity contribution in [1.82, 2.24) is 0 Å². The Hall–Kier alpha value is -0.130. The molecular weight excluding hydrogens is 476 g/mol. The van der Waals surface area contributed by atoms with Crippen LogP contribution in [0.25, 0.3) is 0 Å². The maximum atomic E-state index is 13.0. The van der Waals surface area contributed by atoms with Gasteiger partial charge in [0.2, 0.25) is 0 Å². The van der Waals surface area contributed by atoms with E-state index in [0.29, 0.717) is 0 Å². The van der Waals surface area contributed by atoms with Crippen molar-refractivity contribution in [2.24, 2.45) is 0 Å². The topological polar surface area (TPSA) is 43.4 Å². The number of halogens is 12. The molecule has 0 aromatic rings. The first-order valence-corrected chi connectivity index (χ1v) is 6.39. The molecule has 0 aliphatic carbocycles. The summed E-state index contributed by atoms with van der Waals surface area (Å²) in [7, 11) is -7.61. The fourth-order valence-corrected chi connectivity index (χ4v) is 1.40. The zero-order chi connectivity index (χ0) is 17.7. The Labute approximate surface area is 121 Å². The molecule has 0 spiro atoms. The van der Waals surface area contributed by atoms with E-state index in [0.717, 1.165) is 0 Å². The van der Waals surface area contributed by atoms with Crippen LogP contribution in [-0.4, -0.2) is 35.7 Å². The third kappa shape index (κ3) is 3.62. The summed E-state index contributed by atoms with van der Waals surface area (Å²) >= 11 is -0.705. The molecule has 128 valence electrons. The molecule has 0 amide bonds. The van der Waals surface area contributed by atoms with Gasteiger partial charge < -0.3 is 0 Å². The van der Waals surface area contributed by atoms with E-state index in [9.17, 15) is 56.2 Å². The highest BCUT2D eigenvalue weighted by Gasteiger charge is 2.80. The molecular formula is C5F11IO3S. The van der Waals surface area contributed by atoms with E-state index in [1.165, 1.54) is 0 Å². The van der Waals surface area contributed by atoms with Crippen LogP contribution in [0, 0.1) is 0 Å². The first-order chi connectivity index (χ1) is 8.71. The quantitative estimate of drug-likeness (QED) is 0.263. The number of rotatable bonds is 5. The van der Waals surface area contributed by atoms with Crippen LogP contribution < -0.4 is 0 Å². The van der Waals surface area contributed by atoms with Gasteiger partial charge in [0.05, 0.1) is 0 Å². The van der Waals surface area contributed by atoms with Gasteiger partial charge in [0.15, 0.2) is 0 Å². The van der Waals surface area contributed by atoms with Crippen molar-refractivity contribution in [3.05, 3.63) is 0 Å². The largest absolute Gasteiger partial charge is 0.464 e. The van der Waals surface area contributed by atoms with Gasteiger partial charge in [0.25, 0.3) is 0 Å². The van der Waals surface area contributed by atoms with Gasteiger partial charge in [-0.25, -0.2) is 0 Å². The second kappa shape index (κ2) is 5.20. The molecule has 1 unspecified atom stereocenters. The minimum absolute atomic E-state index is 0.705. The predicted octanol–water partition coefficient (Wildman–Crippen LogP) is 3.74. The minimum Gasteiger partial charge on any atom is -0.263 e. The van der Waals surface area contributed by atoms with Crippen LogP contribution in [0.1, 0.15) is 0 Å². The lowest BCUT2D eigenvalue weighted by molar-refractivity contribution is -0.461. The summed E-state index contributed by atoms with van der Waals surface area (Å²) in [5.41, 5.74) is 0. The maximum absolute atomic E-state index is 13.0. The third-order valence-electron chi connectivity index (χ3n) is 1.64. The molecule has 0 rings (SSSR count). The summed E-state index contributed by atoms with van der Waals surface area (Å²) in [6, 6.07) is 0. The zero-order valence-electron chi connectivity index (χ0n) is 8.67. The Balaban J connectivity index is 6.01. The van der Waals surface area contributed by atoms with Gasteiger partial charge in [-0.1, -0.05) is 3.89 Å². The lowest BCUT2D eigenvalue weighted by atomic mass is 10.3. The summed E-state index contributed by atoms with van der Waals surface area (Å²) in [4.78, 5) is 0. The molecule has 0 aromatic carbocycles. The number of ether oxygens (including phenoxy) is 1.